The van der Waals surface area contributed by atoms with Gasteiger partial charge in [0, 0.05) is 26.2 Å². The van der Waals surface area contributed by atoms with Crippen LogP contribution in [0.15, 0.2) is 34.7 Å². The number of nitrogens with one attached hydrogen (secondary N) is 1. The van der Waals surface area contributed by atoms with E-state index in [1.807, 2.05) is 37.3 Å². The van der Waals surface area contributed by atoms with Crippen LogP contribution in [0.5, 0.6) is 11.5 Å². The molecule has 9 nitrogen and oxygen atoms in total. The third-order valence-corrected chi connectivity index (χ3v) is 6.17. The lowest BCUT2D eigenvalue weighted by molar-refractivity contribution is -0.133. The molecule has 1 aromatic carbocycles. The van der Waals surface area contributed by atoms with Crippen molar-refractivity contribution in [2.45, 2.75) is 58.7 Å². The summed E-state index contributed by atoms with van der Waals surface area (Å²) < 4.78 is 22.4. The number of urea groups is 1. The number of benzene rings is 1. The van der Waals surface area contributed by atoms with Gasteiger partial charge in [-0.05, 0) is 56.0 Å². The second-order valence-electron chi connectivity index (χ2n) is 9.05. The quantitative estimate of drug-likeness (QED) is 0.486. The molecule has 9 heteroatoms. The molecule has 1 fully saturated rings. The Bertz CT molecular complexity index is 1000. The lowest BCUT2D eigenvalue weighted by Crippen LogP contribution is -2.49. The number of rotatable bonds is 11. The number of carbonyl (C=O) groups excluding carboxylic acids is 2. The zero-order valence-electron chi connectivity index (χ0n) is 20.6. The van der Waals surface area contributed by atoms with E-state index in [1.165, 1.54) is 0 Å². The van der Waals surface area contributed by atoms with Crippen LogP contribution in [0, 0.1) is 6.92 Å². The zero-order chi connectivity index (χ0) is 24.6. The molecular formula is C26H35N3O6. The summed E-state index contributed by atoms with van der Waals surface area (Å²) in [6.07, 6.45) is 3.69. The maximum absolute atomic E-state index is 13.6. The maximum Gasteiger partial charge on any atom is 0.317 e. The van der Waals surface area contributed by atoms with Gasteiger partial charge in [0.25, 0.3) is 0 Å². The molecule has 0 bridgehead atoms. The topological polar surface area (TPSA) is 93.5 Å². The average molecular weight is 486 g/mol. The van der Waals surface area contributed by atoms with E-state index in [-0.39, 0.29) is 31.4 Å². The molecule has 1 atom stereocenters. The third kappa shape index (κ3) is 6.91. The molecular weight excluding hydrogens is 450 g/mol. The van der Waals surface area contributed by atoms with Crippen molar-refractivity contribution < 1.29 is 28.2 Å². The highest BCUT2D eigenvalue weighted by Gasteiger charge is 2.27. The number of furan rings is 1. The molecule has 0 saturated carbocycles. The van der Waals surface area contributed by atoms with Gasteiger partial charge in [0.15, 0.2) is 11.5 Å². The number of unbranched alkanes of at least 4 members (excludes halogenated alkanes) is 1. The van der Waals surface area contributed by atoms with Crippen molar-refractivity contribution in [3.05, 3.63) is 47.4 Å². The van der Waals surface area contributed by atoms with Crippen LogP contribution < -0.4 is 14.8 Å². The van der Waals surface area contributed by atoms with E-state index in [2.05, 4.69) is 12.2 Å². The Morgan fingerprint density at radius 3 is 2.69 bits per heavy atom. The fourth-order valence-corrected chi connectivity index (χ4v) is 4.25. The van der Waals surface area contributed by atoms with Gasteiger partial charge in [-0.1, -0.05) is 19.4 Å². The minimum Gasteiger partial charge on any atom is -0.464 e. The van der Waals surface area contributed by atoms with E-state index in [9.17, 15) is 9.59 Å². The fourth-order valence-electron chi connectivity index (χ4n) is 4.25. The van der Waals surface area contributed by atoms with Crippen molar-refractivity contribution in [2.24, 2.45) is 0 Å². The van der Waals surface area contributed by atoms with Crippen LogP contribution in [0.3, 0.4) is 0 Å². The molecule has 2 aliphatic rings. The molecule has 0 aliphatic carbocycles. The molecule has 1 N–H and O–H groups in total. The predicted octanol–water partition coefficient (Wildman–Crippen LogP) is 3.84. The van der Waals surface area contributed by atoms with Crippen molar-refractivity contribution in [3.63, 3.8) is 0 Å². The Hall–Kier alpha value is -3.20. The normalized spacial score (nSPS) is 16.3. The lowest BCUT2D eigenvalue weighted by Gasteiger charge is -2.29. The highest BCUT2D eigenvalue weighted by molar-refractivity contribution is 5.84. The van der Waals surface area contributed by atoms with Crippen LogP contribution in [0.1, 0.15) is 49.7 Å². The minimum absolute atomic E-state index is 0.0396. The van der Waals surface area contributed by atoms with Crippen LogP contribution in [0.25, 0.3) is 0 Å². The summed E-state index contributed by atoms with van der Waals surface area (Å²) in [5.41, 5.74) is 0.906. The molecule has 35 heavy (non-hydrogen) atoms. The molecule has 0 radical (unpaired) electrons. The van der Waals surface area contributed by atoms with Crippen molar-refractivity contribution in [2.75, 3.05) is 33.0 Å². The van der Waals surface area contributed by atoms with Gasteiger partial charge in [-0.3, -0.25) is 4.79 Å². The smallest absolute Gasteiger partial charge is 0.317 e. The molecule has 190 valence electrons. The Morgan fingerprint density at radius 2 is 1.94 bits per heavy atom. The van der Waals surface area contributed by atoms with Gasteiger partial charge in [0.05, 0.1) is 12.6 Å². The van der Waals surface area contributed by atoms with Gasteiger partial charge in [0.1, 0.15) is 18.1 Å². The van der Waals surface area contributed by atoms with Crippen molar-refractivity contribution in [3.8, 4) is 11.5 Å². The molecule has 3 heterocycles. The van der Waals surface area contributed by atoms with Gasteiger partial charge in [-0.2, -0.15) is 0 Å². The Kier molecular flexibility index (Phi) is 8.52. The first kappa shape index (κ1) is 24.9. The fraction of sp³-hybridized carbons (Fsp3) is 0.538. The minimum atomic E-state index is -0.237. The van der Waals surface area contributed by atoms with E-state index in [4.69, 9.17) is 18.6 Å². The van der Waals surface area contributed by atoms with Gasteiger partial charge in [-0.25, -0.2) is 4.79 Å². The van der Waals surface area contributed by atoms with E-state index < -0.39 is 0 Å². The number of hydrogen-bond donors (Lipinski definition) is 1. The van der Waals surface area contributed by atoms with Gasteiger partial charge < -0.3 is 33.7 Å². The number of nitrogens with zero attached hydrogens (tertiary/aromatic N) is 2. The summed E-state index contributed by atoms with van der Waals surface area (Å²) in [6, 6.07) is 9.17. The van der Waals surface area contributed by atoms with Crippen molar-refractivity contribution in [1.82, 2.24) is 15.1 Å². The summed E-state index contributed by atoms with van der Waals surface area (Å²) in [5.74, 6) is 2.67. The van der Waals surface area contributed by atoms with Gasteiger partial charge in [0.2, 0.25) is 12.7 Å². The largest absolute Gasteiger partial charge is 0.464 e. The van der Waals surface area contributed by atoms with Crippen LogP contribution in [0.2, 0.25) is 0 Å². The Morgan fingerprint density at radius 1 is 1.09 bits per heavy atom. The Labute approximate surface area is 206 Å². The van der Waals surface area contributed by atoms with Crippen molar-refractivity contribution >= 4 is 11.9 Å². The first-order valence-corrected chi connectivity index (χ1v) is 12.4. The number of amides is 3. The molecule has 1 unspecified atom stereocenters. The highest BCUT2D eigenvalue weighted by atomic mass is 16.7. The van der Waals surface area contributed by atoms with E-state index in [0.717, 1.165) is 37.0 Å². The zero-order valence-corrected chi connectivity index (χ0v) is 20.6. The van der Waals surface area contributed by atoms with Crippen LogP contribution in [0.4, 0.5) is 4.79 Å². The number of carbonyl (C=O) groups is 2. The standard InChI is InChI=1S/C26H35N3O6/c1-3-4-11-27-26(31)29(15-21-6-5-12-32-21)17-25(30)28(16-22-9-7-19(2)35-22)14-20-8-10-23-24(13-20)34-18-33-23/h7-10,13,21H,3-6,11-12,14-18H2,1-2H3,(H,27,31). The summed E-state index contributed by atoms with van der Waals surface area (Å²) in [6.45, 7) is 6.41. The molecule has 1 aromatic heterocycles. The second-order valence-corrected chi connectivity index (χ2v) is 9.05. The van der Waals surface area contributed by atoms with Gasteiger partial charge in [-0.15, -0.1) is 0 Å². The van der Waals surface area contributed by atoms with Crippen molar-refractivity contribution in [1.29, 1.82) is 0 Å². The summed E-state index contributed by atoms with van der Waals surface area (Å²) >= 11 is 0. The van der Waals surface area contributed by atoms with Gasteiger partial charge >= 0.3 is 6.03 Å². The molecule has 2 aromatic rings. The lowest BCUT2D eigenvalue weighted by atomic mass is 10.1. The summed E-state index contributed by atoms with van der Waals surface area (Å²) in [7, 11) is 0. The number of ether oxygens (including phenoxy) is 3. The molecule has 3 amide bonds. The van der Waals surface area contributed by atoms with Crippen LogP contribution in [-0.4, -0.2) is 60.9 Å². The van der Waals surface area contributed by atoms with Crippen LogP contribution in [-0.2, 0) is 22.6 Å². The van der Waals surface area contributed by atoms with Crippen LogP contribution >= 0.6 is 0 Å². The Balaban J connectivity index is 1.49. The predicted molar refractivity (Wildman–Crippen MR) is 129 cm³/mol. The highest BCUT2D eigenvalue weighted by Crippen LogP contribution is 2.33. The van der Waals surface area contributed by atoms with E-state index in [1.54, 1.807) is 9.80 Å². The number of aryl methyl sites for hydroxylation is 1. The second kappa shape index (κ2) is 12.0. The SMILES string of the molecule is CCCCNC(=O)N(CC(=O)N(Cc1ccc2c(c1)OCO2)Cc1ccc(C)o1)CC1CCCO1. The number of fused-ring (bicyclic) bond motifs is 1. The van der Waals surface area contributed by atoms with E-state index >= 15 is 0 Å². The first-order chi connectivity index (χ1) is 17.0. The summed E-state index contributed by atoms with van der Waals surface area (Å²) in [5, 5.41) is 2.94. The average Bonchev–Trinajstić information content (AvgIpc) is 3.60. The monoisotopic (exact) mass is 485 g/mol. The molecule has 2 aliphatic heterocycles. The molecule has 1 saturated heterocycles. The first-order valence-electron chi connectivity index (χ1n) is 12.4. The molecule has 4 rings (SSSR count). The maximum atomic E-state index is 13.6. The third-order valence-electron chi connectivity index (χ3n) is 6.17. The summed E-state index contributed by atoms with van der Waals surface area (Å²) in [4.78, 5) is 29.8. The van der Waals surface area contributed by atoms with E-state index in [0.29, 0.717) is 50.0 Å². The molecule has 0 spiro atoms. The number of hydrogen-bond acceptors (Lipinski definition) is 6.